The summed E-state index contributed by atoms with van der Waals surface area (Å²) >= 11 is 0. The Morgan fingerprint density at radius 2 is 2.09 bits per heavy atom. The van der Waals surface area contributed by atoms with Gasteiger partial charge in [0.2, 0.25) is 0 Å². The van der Waals surface area contributed by atoms with E-state index in [4.69, 9.17) is 0 Å². The molecule has 2 saturated heterocycles. The van der Waals surface area contributed by atoms with Crippen LogP contribution in [0.15, 0.2) is 30.9 Å². The Morgan fingerprint density at radius 3 is 2.87 bits per heavy atom. The molecule has 1 saturated carbocycles. The summed E-state index contributed by atoms with van der Waals surface area (Å²) < 4.78 is 1.68. The van der Waals surface area contributed by atoms with E-state index in [2.05, 4.69) is 20.0 Å². The average molecular weight is 313 g/mol. The van der Waals surface area contributed by atoms with Gasteiger partial charge < -0.3 is 10.0 Å². The van der Waals surface area contributed by atoms with Crippen molar-refractivity contribution in [3.05, 3.63) is 30.9 Å². The summed E-state index contributed by atoms with van der Waals surface area (Å²) in [4.78, 5) is 22.6. The molecular weight excluding hydrogens is 294 g/mol. The fraction of sp³-hybridized carbons (Fsp3) is 0.500. The van der Waals surface area contributed by atoms with Gasteiger partial charge in [-0.15, -0.1) is 0 Å². The molecule has 5 rings (SSSR count). The van der Waals surface area contributed by atoms with Gasteiger partial charge >= 0.3 is 5.97 Å². The third-order valence-electron chi connectivity index (χ3n) is 5.02. The fourth-order valence-corrected chi connectivity index (χ4v) is 3.88. The smallest absolute Gasteiger partial charge is 0.306 e. The minimum Gasteiger partial charge on any atom is -0.481 e. The molecule has 3 fully saturated rings. The Bertz CT molecular complexity index is 702. The van der Waals surface area contributed by atoms with E-state index in [-0.39, 0.29) is 11.8 Å². The molecule has 2 aromatic rings. The molecule has 3 aliphatic rings. The van der Waals surface area contributed by atoms with E-state index in [9.17, 15) is 9.90 Å². The maximum atomic E-state index is 11.5. The largest absolute Gasteiger partial charge is 0.481 e. The Morgan fingerprint density at radius 1 is 1.22 bits per heavy atom. The molecule has 7 heteroatoms. The summed E-state index contributed by atoms with van der Waals surface area (Å²) in [5.74, 6) is 1.23. The molecule has 7 nitrogen and oxygen atoms in total. The minimum atomic E-state index is -0.655. The Kier molecular flexibility index (Phi) is 3.48. The van der Waals surface area contributed by atoms with Crippen LogP contribution in [0.2, 0.25) is 0 Å². The van der Waals surface area contributed by atoms with Crippen LogP contribution < -0.4 is 4.90 Å². The minimum absolute atomic E-state index is 0.196. The molecule has 2 bridgehead atoms. The van der Waals surface area contributed by atoms with Crippen LogP contribution in [-0.2, 0) is 4.79 Å². The van der Waals surface area contributed by atoms with Crippen molar-refractivity contribution in [2.75, 3.05) is 18.0 Å². The molecule has 0 amide bonds. The van der Waals surface area contributed by atoms with Crippen molar-refractivity contribution in [2.24, 2.45) is 17.8 Å². The molecule has 3 unspecified atom stereocenters. The molecule has 1 N–H and O–H groups in total. The van der Waals surface area contributed by atoms with Crippen LogP contribution in [0.5, 0.6) is 0 Å². The van der Waals surface area contributed by atoms with Crippen molar-refractivity contribution < 1.29 is 9.90 Å². The number of carbonyl (C=O) groups is 1. The van der Waals surface area contributed by atoms with Crippen molar-refractivity contribution >= 4 is 11.8 Å². The summed E-state index contributed by atoms with van der Waals surface area (Å²) in [5.41, 5.74) is 0. The van der Waals surface area contributed by atoms with E-state index in [0.717, 1.165) is 38.2 Å². The Labute approximate surface area is 134 Å². The van der Waals surface area contributed by atoms with Gasteiger partial charge in [0.05, 0.1) is 18.3 Å². The number of hydrogen-bond donors (Lipinski definition) is 1. The number of hydrogen-bond acceptors (Lipinski definition) is 5. The first-order chi connectivity index (χ1) is 11.2. The van der Waals surface area contributed by atoms with Crippen LogP contribution in [0.4, 0.5) is 5.82 Å². The van der Waals surface area contributed by atoms with E-state index in [0.29, 0.717) is 11.7 Å². The molecule has 3 atom stereocenters. The highest BCUT2D eigenvalue weighted by Gasteiger charge is 2.40. The number of carboxylic acid groups (broad SMARTS) is 1. The second kappa shape index (κ2) is 5.64. The highest BCUT2D eigenvalue weighted by atomic mass is 16.4. The maximum Gasteiger partial charge on any atom is 0.306 e. The molecular formula is C16H19N5O2. The lowest BCUT2D eigenvalue weighted by Gasteiger charge is -2.28. The zero-order chi connectivity index (χ0) is 15.8. The SMILES string of the molecule is O=C(O)C1CC2CCC1CN(c1cncc(-n3cccn3)n1)C2. The molecule has 120 valence electrons. The molecule has 0 aromatic carbocycles. The average Bonchev–Trinajstić information content (AvgIpc) is 2.95. The fourth-order valence-electron chi connectivity index (χ4n) is 3.88. The number of nitrogens with zero attached hydrogens (tertiary/aromatic N) is 5. The van der Waals surface area contributed by atoms with Crippen molar-refractivity contribution in [1.29, 1.82) is 0 Å². The monoisotopic (exact) mass is 313 g/mol. The second-order valence-corrected chi connectivity index (χ2v) is 6.47. The molecule has 23 heavy (non-hydrogen) atoms. The standard InChI is InChI=1S/C16H19N5O2/c22-16(23)13-6-11-2-3-12(13)10-20(9-11)14-7-17-8-15(19-14)21-5-1-4-18-21/h1,4-5,7-8,11-13H,2-3,6,9-10H2,(H,22,23). The van der Waals surface area contributed by atoms with Gasteiger partial charge in [-0.1, -0.05) is 0 Å². The quantitative estimate of drug-likeness (QED) is 0.926. The highest BCUT2D eigenvalue weighted by molar-refractivity contribution is 5.70. The molecule has 1 aliphatic carbocycles. The number of fused-ring (bicyclic) bond motifs is 4. The van der Waals surface area contributed by atoms with E-state index in [1.54, 1.807) is 23.3 Å². The highest BCUT2D eigenvalue weighted by Crippen LogP contribution is 2.39. The van der Waals surface area contributed by atoms with E-state index in [1.807, 2.05) is 12.3 Å². The van der Waals surface area contributed by atoms with Gasteiger partial charge in [-0.2, -0.15) is 5.10 Å². The van der Waals surface area contributed by atoms with E-state index < -0.39 is 5.97 Å². The lowest BCUT2D eigenvalue weighted by atomic mass is 9.76. The summed E-state index contributed by atoms with van der Waals surface area (Å²) in [6.07, 6.45) is 9.86. The number of aromatic nitrogens is 4. The van der Waals surface area contributed by atoms with Crippen LogP contribution >= 0.6 is 0 Å². The van der Waals surface area contributed by atoms with E-state index in [1.165, 1.54) is 0 Å². The zero-order valence-electron chi connectivity index (χ0n) is 12.7. The summed E-state index contributed by atoms with van der Waals surface area (Å²) in [7, 11) is 0. The van der Waals surface area contributed by atoms with Crippen LogP contribution in [0.3, 0.4) is 0 Å². The first-order valence-corrected chi connectivity index (χ1v) is 8.00. The van der Waals surface area contributed by atoms with Crippen molar-refractivity contribution in [2.45, 2.75) is 19.3 Å². The summed E-state index contributed by atoms with van der Waals surface area (Å²) in [6.45, 7) is 1.60. The van der Waals surface area contributed by atoms with Crippen molar-refractivity contribution in [3.8, 4) is 5.82 Å². The Balaban J connectivity index is 1.61. The van der Waals surface area contributed by atoms with Crippen molar-refractivity contribution in [1.82, 2.24) is 19.7 Å². The second-order valence-electron chi connectivity index (χ2n) is 6.47. The maximum absolute atomic E-state index is 11.5. The topological polar surface area (TPSA) is 84.1 Å². The molecule has 4 heterocycles. The summed E-state index contributed by atoms with van der Waals surface area (Å²) in [5, 5.41) is 13.6. The zero-order valence-corrected chi connectivity index (χ0v) is 12.7. The van der Waals surface area contributed by atoms with Gasteiger partial charge in [0.1, 0.15) is 5.82 Å². The van der Waals surface area contributed by atoms with Crippen molar-refractivity contribution in [3.63, 3.8) is 0 Å². The number of carboxylic acids is 1. The van der Waals surface area contributed by atoms with Gasteiger partial charge in [-0.25, -0.2) is 9.67 Å². The first kappa shape index (κ1) is 14.2. The number of aliphatic carboxylic acids is 1. The van der Waals surface area contributed by atoms with Gasteiger partial charge in [-0.05, 0) is 37.2 Å². The number of rotatable bonds is 3. The third kappa shape index (κ3) is 2.67. The first-order valence-electron chi connectivity index (χ1n) is 8.00. The van der Waals surface area contributed by atoms with Crippen LogP contribution in [0, 0.1) is 17.8 Å². The Hall–Kier alpha value is -2.44. The molecule has 0 spiro atoms. The van der Waals surface area contributed by atoms with E-state index >= 15 is 0 Å². The van der Waals surface area contributed by atoms with Gasteiger partial charge in [0, 0.05) is 25.5 Å². The number of anilines is 1. The van der Waals surface area contributed by atoms with Crippen LogP contribution in [0.25, 0.3) is 5.82 Å². The lowest BCUT2D eigenvalue weighted by molar-refractivity contribution is -0.145. The third-order valence-corrected chi connectivity index (χ3v) is 5.02. The molecule has 2 aliphatic heterocycles. The predicted molar refractivity (Wildman–Crippen MR) is 83.3 cm³/mol. The lowest BCUT2D eigenvalue weighted by Crippen LogP contribution is -2.32. The van der Waals surface area contributed by atoms with Crippen LogP contribution in [-0.4, -0.2) is 43.9 Å². The van der Waals surface area contributed by atoms with Gasteiger partial charge in [0.25, 0.3) is 0 Å². The van der Waals surface area contributed by atoms with Crippen LogP contribution in [0.1, 0.15) is 19.3 Å². The molecule has 0 radical (unpaired) electrons. The van der Waals surface area contributed by atoms with Gasteiger partial charge in [0.15, 0.2) is 5.82 Å². The molecule has 2 aromatic heterocycles. The summed E-state index contributed by atoms with van der Waals surface area (Å²) in [6, 6.07) is 1.85. The normalized spacial score (nSPS) is 27.0. The van der Waals surface area contributed by atoms with Gasteiger partial charge in [-0.3, -0.25) is 9.78 Å². The predicted octanol–water partition coefficient (Wildman–Crippen LogP) is 1.60.